The third-order valence-corrected chi connectivity index (χ3v) is 3.78. The van der Waals surface area contributed by atoms with E-state index >= 15 is 0 Å². The molecule has 3 heteroatoms. The number of nitrogens with one attached hydrogen (secondary N) is 1. The van der Waals surface area contributed by atoms with Gasteiger partial charge in [0.1, 0.15) is 0 Å². The zero-order valence-corrected chi connectivity index (χ0v) is 14.4. The average molecular weight is 327 g/mol. The highest BCUT2D eigenvalue weighted by molar-refractivity contribution is 9.10. The summed E-state index contributed by atoms with van der Waals surface area (Å²) in [7, 11) is 2.19. The topological polar surface area (TPSA) is 15.3 Å². The first kappa shape index (κ1) is 16.7. The summed E-state index contributed by atoms with van der Waals surface area (Å²) < 4.78 is 1.20. The Kier molecular flexibility index (Phi) is 6.51. The maximum absolute atomic E-state index is 3.61. The Hall–Kier alpha value is -0.380. The fraction of sp³-hybridized carbons (Fsp3) is 0.625. The van der Waals surface area contributed by atoms with Crippen molar-refractivity contribution in [3.8, 4) is 0 Å². The second-order valence-electron chi connectivity index (χ2n) is 6.52. The molecule has 0 saturated heterocycles. The van der Waals surface area contributed by atoms with E-state index in [2.05, 4.69) is 85.2 Å². The Morgan fingerprint density at radius 1 is 1.26 bits per heavy atom. The number of hydrogen-bond acceptors (Lipinski definition) is 2. The van der Waals surface area contributed by atoms with Crippen LogP contribution in [0.3, 0.4) is 0 Å². The molecule has 0 fully saturated rings. The molecule has 0 spiro atoms. The van der Waals surface area contributed by atoms with Crippen molar-refractivity contribution in [1.82, 2.24) is 10.2 Å². The van der Waals surface area contributed by atoms with Gasteiger partial charge in [0.15, 0.2) is 0 Å². The summed E-state index contributed by atoms with van der Waals surface area (Å²) in [6.45, 7) is 12.1. The van der Waals surface area contributed by atoms with Crippen molar-refractivity contribution in [3.63, 3.8) is 0 Å². The van der Waals surface area contributed by atoms with Crippen molar-refractivity contribution in [2.75, 3.05) is 20.1 Å². The van der Waals surface area contributed by atoms with Crippen LogP contribution in [0.25, 0.3) is 0 Å². The van der Waals surface area contributed by atoms with Crippen LogP contribution in [0.4, 0.5) is 0 Å². The van der Waals surface area contributed by atoms with E-state index in [1.54, 1.807) is 0 Å². The Balaban J connectivity index is 2.39. The molecule has 0 bridgehead atoms. The predicted molar refractivity (Wildman–Crippen MR) is 87.4 cm³/mol. The predicted octanol–water partition coefficient (Wildman–Crippen LogP) is 3.91. The molecule has 0 aromatic heterocycles. The first-order valence-corrected chi connectivity index (χ1v) is 7.74. The van der Waals surface area contributed by atoms with Crippen molar-refractivity contribution in [2.45, 2.75) is 39.8 Å². The highest BCUT2D eigenvalue weighted by Crippen LogP contribution is 2.17. The van der Waals surface area contributed by atoms with Crippen molar-refractivity contribution >= 4 is 15.9 Å². The molecule has 1 aromatic carbocycles. The average Bonchev–Trinajstić information content (AvgIpc) is 2.29. The SMILES string of the molecule is CC(CNC(C)(C)C)CN(C)Cc1ccccc1Br. The molecule has 0 heterocycles. The number of halogens is 1. The van der Waals surface area contributed by atoms with Crippen LogP contribution in [0, 0.1) is 5.92 Å². The molecular weight excluding hydrogens is 300 g/mol. The van der Waals surface area contributed by atoms with Crippen LogP contribution in [0.1, 0.15) is 33.3 Å². The van der Waals surface area contributed by atoms with Gasteiger partial charge in [0.25, 0.3) is 0 Å². The van der Waals surface area contributed by atoms with Gasteiger partial charge in [-0.05, 0) is 51.9 Å². The molecule has 0 aliphatic rings. The second-order valence-corrected chi connectivity index (χ2v) is 7.38. The Morgan fingerprint density at radius 2 is 1.89 bits per heavy atom. The lowest BCUT2D eigenvalue weighted by molar-refractivity contribution is 0.261. The third-order valence-electron chi connectivity index (χ3n) is 3.00. The fourth-order valence-electron chi connectivity index (χ4n) is 2.06. The van der Waals surface area contributed by atoms with Crippen LogP contribution in [0.5, 0.6) is 0 Å². The number of hydrogen-bond donors (Lipinski definition) is 1. The molecule has 2 nitrogen and oxygen atoms in total. The Bertz CT molecular complexity index is 385. The van der Waals surface area contributed by atoms with Crippen molar-refractivity contribution in [3.05, 3.63) is 34.3 Å². The third kappa shape index (κ3) is 7.09. The highest BCUT2D eigenvalue weighted by Gasteiger charge is 2.13. The van der Waals surface area contributed by atoms with E-state index in [0.717, 1.165) is 19.6 Å². The van der Waals surface area contributed by atoms with E-state index in [9.17, 15) is 0 Å². The van der Waals surface area contributed by atoms with E-state index in [-0.39, 0.29) is 5.54 Å². The minimum Gasteiger partial charge on any atom is -0.312 e. The van der Waals surface area contributed by atoms with E-state index in [1.807, 2.05) is 0 Å². The Labute approximate surface area is 126 Å². The molecular formula is C16H27BrN2. The lowest BCUT2D eigenvalue weighted by Crippen LogP contribution is -2.40. The summed E-state index contributed by atoms with van der Waals surface area (Å²) in [4.78, 5) is 2.38. The van der Waals surface area contributed by atoms with Crippen molar-refractivity contribution in [2.24, 2.45) is 5.92 Å². The molecule has 0 aliphatic carbocycles. The molecule has 0 aliphatic heterocycles. The van der Waals surface area contributed by atoms with Gasteiger partial charge in [-0.2, -0.15) is 0 Å². The second kappa shape index (κ2) is 7.41. The first-order valence-electron chi connectivity index (χ1n) is 6.95. The van der Waals surface area contributed by atoms with Crippen molar-refractivity contribution in [1.29, 1.82) is 0 Å². The van der Waals surface area contributed by atoms with Gasteiger partial charge in [0.05, 0.1) is 0 Å². The normalized spacial score (nSPS) is 13.8. The van der Waals surface area contributed by atoms with Gasteiger partial charge in [-0.1, -0.05) is 41.1 Å². The summed E-state index contributed by atoms with van der Waals surface area (Å²) >= 11 is 3.61. The van der Waals surface area contributed by atoms with Crippen LogP contribution in [0.15, 0.2) is 28.7 Å². The summed E-state index contributed by atoms with van der Waals surface area (Å²) in [5.41, 5.74) is 1.55. The number of benzene rings is 1. The zero-order chi connectivity index (χ0) is 14.5. The van der Waals surface area contributed by atoms with Crippen LogP contribution in [-0.4, -0.2) is 30.6 Å². The molecule has 0 amide bonds. The van der Waals surface area contributed by atoms with Crippen LogP contribution in [0.2, 0.25) is 0 Å². The molecule has 1 unspecified atom stereocenters. The number of rotatable bonds is 6. The van der Waals surface area contributed by atoms with E-state index in [0.29, 0.717) is 5.92 Å². The standard InChI is InChI=1S/C16H27BrN2/c1-13(10-18-16(2,3)4)11-19(5)12-14-8-6-7-9-15(14)17/h6-9,13,18H,10-12H2,1-5H3. The highest BCUT2D eigenvalue weighted by atomic mass is 79.9. The summed E-state index contributed by atoms with van der Waals surface area (Å²) in [6.07, 6.45) is 0. The minimum absolute atomic E-state index is 0.204. The van der Waals surface area contributed by atoms with E-state index in [1.165, 1.54) is 10.0 Å². The van der Waals surface area contributed by atoms with Gasteiger partial charge < -0.3 is 10.2 Å². The van der Waals surface area contributed by atoms with Crippen LogP contribution >= 0.6 is 15.9 Å². The first-order chi connectivity index (χ1) is 8.78. The van der Waals surface area contributed by atoms with Gasteiger partial charge in [-0.15, -0.1) is 0 Å². The molecule has 19 heavy (non-hydrogen) atoms. The minimum atomic E-state index is 0.204. The quantitative estimate of drug-likeness (QED) is 0.852. The van der Waals surface area contributed by atoms with Gasteiger partial charge in [0.2, 0.25) is 0 Å². The van der Waals surface area contributed by atoms with Crippen LogP contribution < -0.4 is 5.32 Å². The molecule has 1 rings (SSSR count). The van der Waals surface area contributed by atoms with Crippen LogP contribution in [-0.2, 0) is 6.54 Å². The largest absolute Gasteiger partial charge is 0.312 e. The molecule has 1 aromatic rings. The summed E-state index contributed by atoms with van der Waals surface area (Å²) in [5.74, 6) is 0.645. The molecule has 108 valence electrons. The van der Waals surface area contributed by atoms with Crippen molar-refractivity contribution < 1.29 is 0 Å². The van der Waals surface area contributed by atoms with E-state index < -0.39 is 0 Å². The zero-order valence-electron chi connectivity index (χ0n) is 12.8. The fourth-order valence-corrected chi connectivity index (χ4v) is 2.47. The van der Waals surface area contributed by atoms with Gasteiger partial charge in [-0.25, -0.2) is 0 Å². The molecule has 1 atom stereocenters. The van der Waals surface area contributed by atoms with Gasteiger partial charge >= 0.3 is 0 Å². The lowest BCUT2D eigenvalue weighted by Gasteiger charge is -2.26. The smallest absolute Gasteiger partial charge is 0.0242 e. The molecule has 0 radical (unpaired) electrons. The maximum Gasteiger partial charge on any atom is 0.0242 e. The summed E-state index contributed by atoms with van der Waals surface area (Å²) in [5, 5.41) is 3.57. The van der Waals surface area contributed by atoms with E-state index in [4.69, 9.17) is 0 Å². The molecule has 0 saturated carbocycles. The maximum atomic E-state index is 3.61. The van der Waals surface area contributed by atoms with Gasteiger partial charge in [0, 0.05) is 23.1 Å². The van der Waals surface area contributed by atoms with Gasteiger partial charge in [-0.3, -0.25) is 0 Å². The monoisotopic (exact) mass is 326 g/mol. The Morgan fingerprint density at radius 3 is 2.47 bits per heavy atom. The number of nitrogens with zero attached hydrogens (tertiary/aromatic N) is 1. The molecule has 1 N–H and O–H groups in total. The lowest BCUT2D eigenvalue weighted by atomic mass is 10.1. The summed E-state index contributed by atoms with van der Waals surface area (Å²) in [6, 6.07) is 8.44.